The molecule has 0 amide bonds. The van der Waals surface area contributed by atoms with Gasteiger partial charge in [-0.15, -0.1) is 0 Å². The Labute approximate surface area is 190 Å². The van der Waals surface area contributed by atoms with E-state index in [0.29, 0.717) is 18.5 Å². The van der Waals surface area contributed by atoms with Gasteiger partial charge >= 0.3 is 0 Å². The number of aryl methyl sites for hydroxylation is 1. The van der Waals surface area contributed by atoms with Crippen molar-refractivity contribution in [2.75, 3.05) is 22.7 Å². The summed E-state index contributed by atoms with van der Waals surface area (Å²) in [5, 5.41) is 0. The Morgan fingerprint density at radius 2 is 1.61 bits per heavy atom. The molecule has 0 unspecified atom stereocenters. The summed E-state index contributed by atoms with van der Waals surface area (Å²) in [6.45, 7) is 0.187. The van der Waals surface area contributed by atoms with Crippen LogP contribution in [-0.4, -0.2) is 30.5 Å². The Bertz CT molecular complexity index is 1410. The van der Waals surface area contributed by atoms with E-state index < -0.39 is 31.7 Å². The van der Waals surface area contributed by atoms with Gasteiger partial charge in [0.1, 0.15) is 5.82 Å². The number of methoxy groups -OCH3 is 1. The molecule has 174 valence electrons. The van der Waals surface area contributed by atoms with Gasteiger partial charge in [0.2, 0.25) is 0 Å². The molecule has 33 heavy (non-hydrogen) atoms. The third-order valence-electron chi connectivity index (χ3n) is 5.25. The molecule has 0 radical (unpaired) electrons. The van der Waals surface area contributed by atoms with Gasteiger partial charge in [-0.05, 0) is 73.0 Å². The maximum absolute atomic E-state index is 14.0. The summed E-state index contributed by atoms with van der Waals surface area (Å²) in [6, 6.07) is 12.3. The first-order valence-electron chi connectivity index (χ1n) is 9.89. The number of ether oxygens (including phenoxy) is 1. The van der Waals surface area contributed by atoms with Crippen LogP contribution in [0.2, 0.25) is 0 Å². The van der Waals surface area contributed by atoms with E-state index in [1.54, 1.807) is 6.07 Å². The fourth-order valence-corrected chi connectivity index (χ4v) is 6.21. The minimum absolute atomic E-state index is 0.0727. The lowest BCUT2D eigenvalue weighted by atomic mass is 10.0. The van der Waals surface area contributed by atoms with Crippen molar-refractivity contribution in [2.45, 2.75) is 22.6 Å². The second kappa shape index (κ2) is 8.64. The lowest BCUT2D eigenvalue weighted by molar-refractivity contribution is 0.385. The first-order chi connectivity index (χ1) is 15.6. The van der Waals surface area contributed by atoms with Crippen LogP contribution < -0.4 is 13.8 Å². The standard InChI is InChI=1S/C22H20F2N2O5S2/c1-31-22-11-10-19(14-20(22)24)32(27,28)25-17-7-4-15-3-2-12-26(21(15)13-17)33(29,30)18-8-5-16(23)6-9-18/h4-11,13-14,25H,2-3,12H2,1H3. The van der Waals surface area contributed by atoms with E-state index in [1.165, 1.54) is 47.8 Å². The minimum atomic E-state index is -4.15. The Kier molecular flexibility index (Phi) is 6.02. The van der Waals surface area contributed by atoms with Crippen molar-refractivity contribution in [1.82, 2.24) is 0 Å². The van der Waals surface area contributed by atoms with Crippen molar-refractivity contribution in [3.63, 3.8) is 0 Å². The summed E-state index contributed by atoms with van der Waals surface area (Å²) in [4.78, 5) is -0.384. The van der Waals surface area contributed by atoms with Crippen molar-refractivity contribution in [3.05, 3.63) is 77.9 Å². The molecular formula is C22H20F2N2O5S2. The summed E-state index contributed by atoms with van der Waals surface area (Å²) < 4.78 is 87.5. The van der Waals surface area contributed by atoms with Crippen molar-refractivity contribution in [2.24, 2.45) is 0 Å². The van der Waals surface area contributed by atoms with Crippen LogP contribution >= 0.6 is 0 Å². The number of hydrogen-bond donors (Lipinski definition) is 1. The van der Waals surface area contributed by atoms with Crippen molar-refractivity contribution in [3.8, 4) is 5.75 Å². The third kappa shape index (κ3) is 4.51. The number of rotatable bonds is 6. The Morgan fingerprint density at radius 3 is 2.27 bits per heavy atom. The monoisotopic (exact) mass is 494 g/mol. The quantitative estimate of drug-likeness (QED) is 0.561. The molecule has 0 atom stereocenters. The number of anilines is 2. The summed E-state index contributed by atoms with van der Waals surface area (Å²) in [5.74, 6) is -1.48. The van der Waals surface area contributed by atoms with Gasteiger partial charge in [-0.2, -0.15) is 0 Å². The summed E-state index contributed by atoms with van der Waals surface area (Å²) in [5.41, 5.74) is 1.17. The number of nitrogens with one attached hydrogen (secondary N) is 1. The van der Waals surface area contributed by atoms with Crippen LogP contribution in [0.3, 0.4) is 0 Å². The van der Waals surface area contributed by atoms with Gasteiger partial charge in [-0.25, -0.2) is 25.6 Å². The number of fused-ring (bicyclic) bond motifs is 1. The van der Waals surface area contributed by atoms with Crippen molar-refractivity contribution < 1.29 is 30.4 Å². The number of nitrogens with zero attached hydrogens (tertiary/aromatic N) is 1. The molecule has 0 saturated carbocycles. The largest absolute Gasteiger partial charge is 0.494 e. The molecule has 1 N–H and O–H groups in total. The average molecular weight is 495 g/mol. The molecule has 0 fully saturated rings. The zero-order chi connectivity index (χ0) is 23.8. The highest BCUT2D eigenvalue weighted by Crippen LogP contribution is 2.35. The zero-order valence-corrected chi connectivity index (χ0v) is 19.1. The van der Waals surface area contributed by atoms with Crippen LogP contribution in [0.15, 0.2) is 70.5 Å². The highest BCUT2D eigenvalue weighted by molar-refractivity contribution is 7.93. The maximum atomic E-state index is 14.0. The van der Waals surface area contributed by atoms with Gasteiger partial charge in [0, 0.05) is 6.54 Å². The van der Waals surface area contributed by atoms with Crippen LogP contribution in [-0.2, 0) is 26.5 Å². The second-order valence-electron chi connectivity index (χ2n) is 7.38. The predicted molar refractivity (Wildman–Crippen MR) is 119 cm³/mol. The smallest absolute Gasteiger partial charge is 0.264 e. The van der Waals surface area contributed by atoms with E-state index in [2.05, 4.69) is 4.72 Å². The molecule has 0 aliphatic carbocycles. The van der Waals surface area contributed by atoms with E-state index >= 15 is 0 Å². The van der Waals surface area contributed by atoms with Gasteiger partial charge in [0.25, 0.3) is 20.0 Å². The lowest BCUT2D eigenvalue weighted by Crippen LogP contribution is -2.35. The normalized spacial score (nSPS) is 14.0. The molecule has 7 nitrogen and oxygen atoms in total. The molecule has 1 heterocycles. The lowest BCUT2D eigenvalue weighted by Gasteiger charge is -2.31. The summed E-state index contributed by atoms with van der Waals surface area (Å²) in [6.07, 6.45) is 1.19. The molecule has 0 aromatic heterocycles. The highest BCUT2D eigenvalue weighted by Gasteiger charge is 2.30. The Hall–Kier alpha value is -3.18. The molecule has 3 aromatic rings. The molecule has 11 heteroatoms. The summed E-state index contributed by atoms with van der Waals surface area (Å²) in [7, 11) is -6.88. The number of sulfonamides is 2. The molecule has 0 saturated heterocycles. The Morgan fingerprint density at radius 1 is 0.909 bits per heavy atom. The van der Waals surface area contributed by atoms with Gasteiger partial charge in [0.15, 0.2) is 11.6 Å². The molecule has 3 aromatic carbocycles. The van der Waals surface area contributed by atoms with Crippen LogP contribution in [0, 0.1) is 11.6 Å². The molecular weight excluding hydrogens is 474 g/mol. The van der Waals surface area contributed by atoms with Gasteiger partial charge < -0.3 is 4.74 Å². The molecule has 1 aliphatic rings. The van der Waals surface area contributed by atoms with Gasteiger partial charge in [-0.3, -0.25) is 9.03 Å². The van der Waals surface area contributed by atoms with E-state index in [4.69, 9.17) is 4.74 Å². The van der Waals surface area contributed by atoms with Crippen molar-refractivity contribution >= 4 is 31.4 Å². The first-order valence-corrected chi connectivity index (χ1v) is 12.8. The number of benzene rings is 3. The van der Waals surface area contributed by atoms with Crippen LogP contribution in [0.4, 0.5) is 20.2 Å². The highest BCUT2D eigenvalue weighted by atomic mass is 32.2. The third-order valence-corrected chi connectivity index (χ3v) is 8.46. The van der Waals surface area contributed by atoms with E-state index in [1.807, 2.05) is 0 Å². The summed E-state index contributed by atoms with van der Waals surface area (Å²) >= 11 is 0. The predicted octanol–water partition coefficient (Wildman–Crippen LogP) is 3.92. The Balaban J connectivity index is 1.68. The first kappa shape index (κ1) is 23.0. The number of halogens is 2. The van der Waals surface area contributed by atoms with Crippen LogP contribution in [0.1, 0.15) is 12.0 Å². The van der Waals surface area contributed by atoms with E-state index in [9.17, 15) is 25.6 Å². The molecule has 4 rings (SSSR count). The molecule has 0 bridgehead atoms. The molecule has 0 spiro atoms. The topological polar surface area (TPSA) is 92.8 Å². The average Bonchev–Trinajstić information content (AvgIpc) is 2.78. The van der Waals surface area contributed by atoms with Crippen LogP contribution in [0.5, 0.6) is 5.75 Å². The van der Waals surface area contributed by atoms with Gasteiger partial charge in [-0.1, -0.05) is 6.07 Å². The van der Waals surface area contributed by atoms with Crippen LogP contribution in [0.25, 0.3) is 0 Å². The fraction of sp³-hybridized carbons (Fsp3) is 0.182. The van der Waals surface area contributed by atoms with Gasteiger partial charge in [0.05, 0.1) is 28.3 Å². The van der Waals surface area contributed by atoms with E-state index in [-0.39, 0.29) is 27.8 Å². The molecule has 1 aliphatic heterocycles. The van der Waals surface area contributed by atoms with Crippen molar-refractivity contribution in [1.29, 1.82) is 0 Å². The minimum Gasteiger partial charge on any atom is -0.494 e. The van der Waals surface area contributed by atoms with E-state index in [0.717, 1.165) is 23.8 Å². The number of hydrogen-bond acceptors (Lipinski definition) is 5. The fourth-order valence-electron chi connectivity index (χ4n) is 3.62. The maximum Gasteiger partial charge on any atom is 0.264 e. The zero-order valence-electron chi connectivity index (χ0n) is 17.5. The second-order valence-corrected chi connectivity index (χ2v) is 10.9. The SMILES string of the molecule is COc1ccc(S(=O)(=O)Nc2ccc3c(c2)N(S(=O)(=O)c2ccc(F)cc2)CCC3)cc1F.